The number of rotatable bonds is 10. The van der Waals surface area contributed by atoms with Crippen LogP contribution in [-0.2, 0) is 6.42 Å². The van der Waals surface area contributed by atoms with E-state index in [2.05, 4.69) is 17.4 Å². The van der Waals surface area contributed by atoms with Gasteiger partial charge in [-0.2, -0.15) is 0 Å². The van der Waals surface area contributed by atoms with Gasteiger partial charge in [-0.15, -0.1) is 0 Å². The second-order valence-corrected chi connectivity index (χ2v) is 7.28. The van der Waals surface area contributed by atoms with Gasteiger partial charge in [0.2, 0.25) is 0 Å². The Kier molecular flexibility index (Phi) is 7.97. The maximum absolute atomic E-state index is 12.9. The fourth-order valence-electron chi connectivity index (χ4n) is 3.61. The van der Waals surface area contributed by atoms with Crippen molar-refractivity contribution in [2.24, 2.45) is 0 Å². The largest absolute Gasteiger partial charge is 0.493 e. The zero-order chi connectivity index (χ0) is 22.9. The Labute approximate surface area is 189 Å². The van der Waals surface area contributed by atoms with Gasteiger partial charge in [-0.3, -0.25) is 4.79 Å². The first-order valence-corrected chi connectivity index (χ1v) is 10.4. The molecular formula is C26H29NO5. The lowest BCUT2D eigenvalue weighted by atomic mass is 9.91. The van der Waals surface area contributed by atoms with E-state index in [0.29, 0.717) is 35.1 Å². The Hall–Kier alpha value is -3.67. The third kappa shape index (κ3) is 5.52. The molecule has 1 amide bonds. The third-order valence-corrected chi connectivity index (χ3v) is 5.36. The van der Waals surface area contributed by atoms with Gasteiger partial charge in [0, 0.05) is 18.0 Å². The number of benzene rings is 3. The van der Waals surface area contributed by atoms with Crippen molar-refractivity contribution in [3.63, 3.8) is 0 Å². The average Bonchev–Trinajstić information content (AvgIpc) is 2.85. The lowest BCUT2D eigenvalue weighted by Crippen LogP contribution is -2.29. The third-order valence-electron chi connectivity index (χ3n) is 5.36. The van der Waals surface area contributed by atoms with Crippen molar-refractivity contribution in [3.8, 4) is 23.0 Å². The highest BCUT2D eigenvalue weighted by Crippen LogP contribution is 2.32. The summed E-state index contributed by atoms with van der Waals surface area (Å²) in [4.78, 5) is 12.9. The van der Waals surface area contributed by atoms with E-state index in [4.69, 9.17) is 18.9 Å². The first kappa shape index (κ1) is 23.0. The first-order valence-electron chi connectivity index (χ1n) is 10.4. The summed E-state index contributed by atoms with van der Waals surface area (Å²) < 4.78 is 21.4. The van der Waals surface area contributed by atoms with Gasteiger partial charge in [-0.25, -0.2) is 0 Å². The van der Waals surface area contributed by atoms with Gasteiger partial charge in [0.1, 0.15) is 0 Å². The van der Waals surface area contributed by atoms with Crippen molar-refractivity contribution in [3.05, 3.63) is 83.4 Å². The molecule has 1 atom stereocenters. The number of nitrogens with one attached hydrogen (secondary N) is 1. The molecule has 0 saturated carbocycles. The van der Waals surface area contributed by atoms with Crippen LogP contribution >= 0.6 is 0 Å². The van der Waals surface area contributed by atoms with E-state index in [-0.39, 0.29) is 11.8 Å². The van der Waals surface area contributed by atoms with E-state index in [0.717, 1.165) is 12.0 Å². The number of methoxy groups -OCH3 is 4. The predicted octanol–water partition coefficient (Wildman–Crippen LogP) is 4.48. The quantitative estimate of drug-likeness (QED) is 0.509. The number of ether oxygens (including phenoxy) is 4. The highest BCUT2D eigenvalue weighted by atomic mass is 16.5. The number of carbonyl (C=O) groups excluding carboxylic acids is 1. The molecule has 1 N–H and O–H groups in total. The highest BCUT2D eigenvalue weighted by molar-refractivity contribution is 5.94. The Bertz CT molecular complexity index is 1040. The molecule has 0 unspecified atom stereocenters. The second-order valence-electron chi connectivity index (χ2n) is 7.28. The van der Waals surface area contributed by atoms with Crippen LogP contribution in [0.2, 0.25) is 0 Å². The molecule has 0 aliphatic heterocycles. The van der Waals surface area contributed by atoms with Crippen molar-refractivity contribution in [2.45, 2.75) is 12.3 Å². The zero-order valence-corrected chi connectivity index (χ0v) is 18.9. The molecule has 0 fully saturated rings. The molecule has 3 rings (SSSR count). The Morgan fingerprint density at radius 3 is 1.97 bits per heavy atom. The summed E-state index contributed by atoms with van der Waals surface area (Å²) in [6.07, 6.45) is 0.766. The molecular weight excluding hydrogens is 406 g/mol. The molecule has 32 heavy (non-hydrogen) atoms. The van der Waals surface area contributed by atoms with Crippen molar-refractivity contribution in [2.75, 3.05) is 35.0 Å². The molecule has 0 bridgehead atoms. The van der Waals surface area contributed by atoms with Crippen LogP contribution in [0, 0.1) is 0 Å². The normalized spacial score (nSPS) is 11.4. The van der Waals surface area contributed by atoms with Crippen LogP contribution in [0.4, 0.5) is 0 Å². The van der Waals surface area contributed by atoms with Crippen LogP contribution in [0.15, 0.2) is 66.7 Å². The lowest BCUT2D eigenvalue weighted by molar-refractivity contribution is 0.0950. The van der Waals surface area contributed by atoms with E-state index >= 15 is 0 Å². The van der Waals surface area contributed by atoms with Gasteiger partial charge < -0.3 is 24.3 Å². The molecule has 0 spiro atoms. The lowest BCUT2D eigenvalue weighted by Gasteiger charge is -2.20. The van der Waals surface area contributed by atoms with Crippen molar-refractivity contribution in [1.82, 2.24) is 5.32 Å². The minimum atomic E-state index is -0.176. The van der Waals surface area contributed by atoms with E-state index < -0.39 is 0 Å². The molecule has 0 aromatic heterocycles. The molecule has 0 aliphatic rings. The maximum atomic E-state index is 12.9. The monoisotopic (exact) mass is 435 g/mol. The molecule has 6 heteroatoms. The average molecular weight is 436 g/mol. The van der Waals surface area contributed by atoms with E-state index in [1.165, 1.54) is 5.56 Å². The Morgan fingerprint density at radius 1 is 0.750 bits per heavy atom. The van der Waals surface area contributed by atoms with E-state index in [9.17, 15) is 4.79 Å². The second kappa shape index (κ2) is 11.1. The zero-order valence-electron chi connectivity index (χ0n) is 18.9. The maximum Gasteiger partial charge on any atom is 0.251 e. The van der Waals surface area contributed by atoms with Gasteiger partial charge in [0.25, 0.3) is 5.91 Å². The summed E-state index contributed by atoms with van der Waals surface area (Å²) in [6, 6.07) is 21.2. The molecule has 0 aliphatic carbocycles. The van der Waals surface area contributed by atoms with Gasteiger partial charge >= 0.3 is 0 Å². The van der Waals surface area contributed by atoms with E-state index in [1.807, 2.05) is 36.4 Å². The number of hydrogen-bond donors (Lipinski definition) is 1. The minimum absolute atomic E-state index is 0.0429. The van der Waals surface area contributed by atoms with Crippen molar-refractivity contribution < 1.29 is 23.7 Å². The van der Waals surface area contributed by atoms with Crippen LogP contribution in [0.1, 0.15) is 27.4 Å². The molecule has 0 radical (unpaired) electrons. The predicted molar refractivity (Wildman–Crippen MR) is 124 cm³/mol. The Morgan fingerprint density at radius 2 is 1.34 bits per heavy atom. The summed E-state index contributed by atoms with van der Waals surface area (Å²) in [5.41, 5.74) is 2.75. The molecule has 6 nitrogen and oxygen atoms in total. The van der Waals surface area contributed by atoms with Crippen molar-refractivity contribution in [1.29, 1.82) is 0 Å². The van der Waals surface area contributed by atoms with Crippen LogP contribution < -0.4 is 24.3 Å². The van der Waals surface area contributed by atoms with Crippen molar-refractivity contribution >= 4 is 5.91 Å². The summed E-state index contributed by atoms with van der Waals surface area (Å²) in [5.74, 6) is 2.29. The Balaban J connectivity index is 1.82. The van der Waals surface area contributed by atoms with E-state index in [1.54, 1.807) is 46.6 Å². The summed E-state index contributed by atoms with van der Waals surface area (Å²) in [7, 11) is 6.34. The molecule has 168 valence electrons. The molecule has 0 saturated heterocycles. The smallest absolute Gasteiger partial charge is 0.251 e. The van der Waals surface area contributed by atoms with Gasteiger partial charge in [0.15, 0.2) is 23.0 Å². The number of hydrogen-bond acceptors (Lipinski definition) is 5. The topological polar surface area (TPSA) is 66.0 Å². The first-order chi connectivity index (χ1) is 15.6. The fourth-order valence-corrected chi connectivity index (χ4v) is 3.61. The summed E-state index contributed by atoms with van der Waals surface area (Å²) >= 11 is 0. The van der Waals surface area contributed by atoms with Crippen LogP contribution in [0.25, 0.3) is 0 Å². The fraction of sp³-hybridized carbons (Fsp3) is 0.269. The molecule has 3 aromatic carbocycles. The summed E-state index contributed by atoms with van der Waals surface area (Å²) in [6.45, 7) is 0.456. The van der Waals surface area contributed by atoms with Gasteiger partial charge in [0.05, 0.1) is 28.4 Å². The molecule has 0 heterocycles. The highest BCUT2D eigenvalue weighted by Gasteiger charge is 2.18. The molecule has 3 aromatic rings. The van der Waals surface area contributed by atoms with Crippen LogP contribution in [0.3, 0.4) is 0 Å². The minimum Gasteiger partial charge on any atom is -0.493 e. The summed E-state index contributed by atoms with van der Waals surface area (Å²) in [5, 5.41) is 3.07. The number of amides is 1. The van der Waals surface area contributed by atoms with Gasteiger partial charge in [-0.05, 0) is 47.9 Å². The van der Waals surface area contributed by atoms with Gasteiger partial charge in [-0.1, -0.05) is 36.4 Å². The number of carbonyl (C=O) groups is 1. The van der Waals surface area contributed by atoms with Crippen LogP contribution in [0.5, 0.6) is 23.0 Å². The van der Waals surface area contributed by atoms with Crippen LogP contribution in [-0.4, -0.2) is 40.9 Å². The standard InChI is InChI=1S/C26H29NO5/c1-29-22-12-10-19(15-24(22)31-3)21(14-18-8-6-5-7-9-18)17-27-26(28)20-11-13-23(30-2)25(16-20)32-4/h5-13,15-16,21H,14,17H2,1-4H3,(H,27,28)/t21-/m0/s1. The SMILES string of the molecule is COc1ccc(C(=O)NC[C@H](Cc2ccccc2)c2ccc(OC)c(OC)c2)cc1OC.